The van der Waals surface area contributed by atoms with E-state index in [1.54, 1.807) is 11.3 Å². The molecule has 80 valence electrons. The van der Waals surface area contributed by atoms with Crippen LogP contribution in [0.4, 0.5) is 0 Å². The number of fused-ring (bicyclic) bond motifs is 1. The number of thiophene rings is 1. The van der Waals surface area contributed by atoms with Gasteiger partial charge < -0.3 is 15.8 Å². The van der Waals surface area contributed by atoms with E-state index in [0.717, 1.165) is 23.9 Å². The average Bonchev–Trinajstić information content (AvgIpc) is 2.91. The van der Waals surface area contributed by atoms with E-state index in [2.05, 4.69) is 10.3 Å². The van der Waals surface area contributed by atoms with E-state index >= 15 is 0 Å². The molecule has 2 atom stereocenters. The Morgan fingerprint density at radius 3 is 3.20 bits per heavy atom. The third kappa shape index (κ3) is 1.56. The molecule has 2 unspecified atom stereocenters. The molecule has 0 radical (unpaired) electrons. The van der Waals surface area contributed by atoms with Crippen molar-refractivity contribution in [2.75, 3.05) is 13.1 Å². The first kappa shape index (κ1) is 9.33. The largest absolute Gasteiger partial charge is 0.470 e. The predicted molar refractivity (Wildman–Crippen MR) is 60.3 cm³/mol. The zero-order chi connectivity index (χ0) is 10.3. The third-order valence-electron chi connectivity index (χ3n) is 2.75. The molecule has 5 heteroatoms. The topological polar surface area (TPSA) is 59.6 Å². The molecule has 0 saturated carbocycles. The van der Waals surface area contributed by atoms with Gasteiger partial charge in [-0.05, 0) is 12.1 Å². The molecule has 1 aromatic heterocycles. The molecule has 3 heterocycles. The molecule has 0 aliphatic carbocycles. The number of hydrogen-bond acceptors (Lipinski definition) is 5. The van der Waals surface area contributed by atoms with Gasteiger partial charge in [0.2, 0.25) is 5.90 Å². The minimum absolute atomic E-state index is 0.239. The maximum atomic E-state index is 5.79. The molecule has 0 amide bonds. The van der Waals surface area contributed by atoms with Gasteiger partial charge in [-0.3, -0.25) is 0 Å². The second-order valence-corrected chi connectivity index (χ2v) is 4.95. The third-order valence-corrected chi connectivity index (χ3v) is 3.84. The maximum Gasteiger partial charge on any atom is 0.227 e. The van der Waals surface area contributed by atoms with E-state index in [0.29, 0.717) is 12.6 Å². The van der Waals surface area contributed by atoms with Gasteiger partial charge in [-0.1, -0.05) is 0 Å². The summed E-state index contributed by atoms with van der Waals surface area (Å²) in [5, 5.41) is 3.26. The zero-order valence-electron chi connectivity index (χ0n) is 8.27. The summed E-state index contributed by atoms with van der Waals surface area (Å²) in [6, 6.07) is 4.39. The Morgan fingerprint density at radius 2 is 2.47 bits per heavy atom. The van der Waals surface area contributed by atoms with Crippen LogP contribution in [0.25, 0.3) is 0 Å². The van der Waals surface area contributed by atoms with Crippen molar-refractivity contribution in [2.45, 2.75) is 18.7 Å². The Hall–Kier alpha value is -0.910. The van der Waals surface area contributed by atoms with Crippen molar-refractivity contribution >= 4 is 17.2 Å². The van der Waals surface area contributed by atoms with Gasteiger partial charge in [0.05, 0.1) is 4.88 Å². The molecule has 1 saturated heterocycles. The summed E-state index contributed by atoms with van der Waals surface area (Å²) in [5.74, 6) is 0.802. The summed E-state index contributed by atoms with van der Waals surface area (Å²) in [7, 11) is 0. The normalized spacial score (nSPS) is 28.7. The smallest absolute Gasteiger partial charge is 0.227 e. The summed E-state index contributed by atoms with van der Waals surface area (Å²) in [5.41, 5.74) is 5.57. The van der Waals surface area contributed by atoms with Gasteiger partial charge in [0.25, 0.3) is 0 Å². The first-order valence-electron chi connectivity index (χ1n) is 5.11. The summed E-state index contributed by atoms with van der Waals surface area (Å²) in [6.07, 6.45) is 0.239. The van der Waals surface area contributed by atoms with Crippen molar-refractivity contribution < 1.29 is 4.74 Å². The Morgan fingerprint density at radius 1 is 1.53 bits per heavy atom. The Bertz CT molecular complexity index is 401. The van der Waals surface area contributed by atoms with Crippen molar-refractivity contribution in [3.05, 3.63) is 21.9 Å². The predicted octanol–water partition coefficient (Wildman–Crippen LogP) is 0.324. The fourth-order valence-corrected chi connectivity index (χ4v) is 2.76. The van der Waals surface area contributed by atoms with Gasteiger partial charge in [-0.15, -0.1) is 11.3 Å². The average molecular weight is 223 g/mol. The van der Waals surface area contributed by atoms with Crippen LogP contribution in [-0.4, -0.2) is 31.1 Å². The van der Waals surface area contributed by atoms with Crippen molar-refractivity contribution in [1.29, 1.82) is 0 Å². The summed E-state index contributed by atoms with van der Waals surface area (Å²) in [4.78, 5) is 6.84. The van der Waals surface area contributed by atoms with E-state index in [4.69, 9.17) is 10.5 Å². The number of ether oxygens (including phenoxy) is 1. The summed E-state index contributed by atoms with van der Waals surface area (Å²) in [6.45, 7) is 2.43. The lowest BCUT2D eigenvalue weighted by Gasteiger charge is -2.06. The van der Waals surface area contributed by atoms with Gasteiger partial charge >= 0.3 is 0 Å². The van der Waals surface area contributed by atoms with E-state index in [-0.39, 0.29) is 6.10 Å². The van der Waals surface area contributed by atoms with Crippen LogP contribution < -0.4 is 11.1 Å². The fraction of sp³-hybridized carbons (Fsp3) is 0.500. The summed E-state index contributed by atoms with van der Waals surface area (Å²) < 4.78 is 5.79. The number of nitrogens with two attached hydrogens (primary N) is 1. The van der Waals surface area contributed by atoms with E-state index in [1.807, 2.05) is 12.1 Å². The Labute approximate surface area is 92.1 Å². The van der Waals surface area contributed by atoms with Crippen LogP contribution in [0.5, 0.6) is 0 Å². The molecule has 3 rings (SSSR count). The maximum absolute atomic E-state index is 5.79. The second-order valence-electron chi connectivity index (χ2n) is 3.79. The van der Waals surface area contributed by atoms with E-state index < -0.39 is 0 Å². The van der Waals surface area contributed by atoms with Gasteiger partial charge in [0.15, 0.2) is 0 Å². The molecule has 2 aliphatic rings. The number of aliphatic imine (C=N–C) groups is 1. The highest BCUT2D eigenvalue weighted by molar-refractivity contribution is 7.14. The lowest BCUT2D eigenvalue weighted by molar-refractivity contribution is 0.225. The Balaban J connectivity index is 1.83. The van der Waals surface area contributed by atoms with Crippen LogP contribution in [0.15, 0.2) is 17.1 Å². The minimum Gasteiger partial charge on any atom is -0.470 e. The Kier molecular flexibility index (Phi) is 2.23. The standard InChI is InChI=1S/C10H13N3OS/c11-3-6-1-2-9(15-6)10-13-7-4-12-5-8(7)14-10/h1-2,7-8,12H,3-5,11H2. The lowest BCUT2D eigenvalue weighted by atomic mass is 10.2. The molecule has 0 spiro atoms. The number of nitrogens with one attached hydrogen (secondary N) is 1. The second kappa shape index (κ2) is 3.59. The van der Waals surface area contributed by atoms with Crippen molar-refractivity contribution in [1.82, 2.24) is 5.32 Å². The molecule has 3 N–H and O–H groups in total. The lowest BCUT2D eigenvalue weighted by Crippen LogP contribution is -2.20. The monoisotopic (exact) mass is 223 g/mol. The zero-order valence-corrected chi connectivity index (χ0v) is 9.09. The number of nitrogens with zero attached hydrogens (tertiary/aromatic N) is 1. The number of rotatable bonds is 2. The van der Waals surface area contributed by atoms with Crippen LogP contribution in [-0.2, 0) is 11.3 Å². The summed E-state index contributed by atoms with van der Waals surface area (Å²) >= 11 is 1.67. The molecular weight excluding hydrogens is 210 g/mol. The van der Waals surface area contributed by atoms with Crippen molar-refractivity contribution in [2.24, 2.45) is 10.7 Å². The van der Waals surface area contributed by atoms with Crippen LogP contribution in [0.3, 0.4) is 0 Å². The fourth-order valence-electron chi connectivity index (χ4n) is 1.94. The highest BCUT2D eigenvalue weighted by Gasteiger charge is 2.35. The highest BCUT2D eigenvalue weighted by atomic mass is 32.1. The molecule has 0 aromatic carbocycles. The molecule has 0 bridgehead atoms. The quantitative estimate of drug-likeness (QED) is 0.759. The molecule has 1 fully saturated rings. The van der Waals surface area contributed by atoms with Gasteiger partial charge in [0.1, 0.15) is 12.1 Å². The van der Waals surface area contributed by atoms with Gasteiger partial charge in [-0.2, -0.15) is 0 Å². The minimum atomic E-state index is 0.239. The molecule has 1 aromatic rings. The molecule has 2 aliphatic heterocycles. The van der Waals surface area contributed by atoms with E-state index in [1.165, 1.54) is 4.88 Å². The first-order valence-corrected chi connectivity index (χ1v) is 5.93. The number of hydrogen-bond donors (Lipinski definition) is 2. The van der Waals surface area contributed by atoms with Crippen molar-refractivity contribution in [3.8, 4) is 0 Å². The van der Waals surface area contributed by atoms with Gasteiger partial charge in [-0.25, -0.2) is 4.99 Å². The van der Waals surface area contributed by atoms with Crippen molar-refractivity contribution in [3.63, 3.8) is 0 Å². The highest BCUT2D eigenvalue weighted by Crippen LogP contribution is 2.24. The van der Waals surface area contributed by atoms with Crippen LogP contribution in [0, 0.1) is 0 Å². The SMILES string of the molecule is NCc1ccc(C2=NC3CNCC3O2)s1. The van der Waals surface area contributed by atoms with Crippen LogP contribution in [0.1, 0.15) is 9.75 Å². The molecule has 15 heavy (non-hydrogen) atoms. The van der Waals surface area contributed by atoms with Crippen LogP contribution >= 0.6 is 11.3 Å². The molecule has 4 nitrogen and oxygen atoms in total. The first-order chi connectivity index (χ1) is 7.36. The van der Waals surface area contributed by atoms with E-state index in [9.17, 15) is 0 Å². The van der Waals surface area contributed by atoms with Gasteiger partial charge in [0, 0.05) is 24.5 Å². The molecular formula is C10H13N3OS. The van der Waals surface area contributed by atoms with Crippen LogP contribution in [0.2, 0.25) is 0 Å².